The Kier molecular flexibility index (Phi) is 6.54. The number of benzene rings is 2. The van der Waals surface area contributed by atoms with Gasteiger partial charge in [-0.05, 0) is 43.9 Å². The van der Waals surface area contributed by atoms with Crippen LogP contribution in [0.4, 0.5) is 0 Å². The summed E-state index contributed by atoms with van der Waals surface area (Å²) >= 11 is 0. The van der Waals surface area contributed by atoms with E-state index in [0.717, 1.165) is 12.8 Å². The Morgan fingerprint density at radius 1 is 1.18 bits per heavy atom. The van der Waals surface area contributed by atoms with Crippen molar-refractivity contribution in [1.82, 2.24) is 4.90 Å². The van der Waals surface area contributed by atoms with Crippen molar-refractivity contribution in [2.24, 2.45) is 0 Å². The van der Waals surface area contributed by atoms with Gasteiger partial charge < -0.3 is 14.4 Å². The van der Waals surface area contributed by atoms with E-state index in [1.807, 2.05) is 4.90 Å². The van der Waals surface area contributed by atoms with Crippen molar-refractivity contribution in [2.45, 2.75) is 45.2 Å². The van der Waals surface area contributed by atoms with Crippen molar-refractivity contribution < 1.29 is 14.3 Å². The van der Waals surface area contributed by atoms with Gasteiger partial charge in [-0.3, -0.25) is 4.79 Å². The molecular formula is C23H26N2O3. The molecule has 3 rings (SSSR count). The number of methoxy groups -OCH3 is 1. The highest BCUT2D eigenvalue weighted by molar-refractivity contribution is 5.76. The van der Waals surface area contributed by atoms with E-state index in [9.17, 15) is 4.79 Å². The van der Waals surface area contributed by atoms with Crippen LogP contribution in [0.3, 0.4) is 0 Å². The molecule has 28 heavy (non-hydrogen) atoms. The first-order chi connectivity index (χ1) is 13.6. The number of ether oxygens (including phenoxy) is 2. The Labute approximate surface area is 166 Å². The maximum atomic E-state index is 12.7. The highest BCUT2D eigenvalue weighted by Gasteiger charge is 2.32. The van der Waals surface area contributed by atoms with E-state index >= 15 is 0 Å². The van der Waals surface area contributed by atoms with Crippen molar-refractivity contribution in [3.05, 3.63) is 59.2 Å². The second-order valence-corrected chi connectivity index (χ2v) is 7.17. The van der Waals surface area contributed by atoms with Crippen molar-refractivity contribution in [1.29, 1.82) is 5.26 Å². The standard InChI is InChI=1S/C23H26N2O3/c1-17-5-7-18(8-6-17)16-25(20-10-11-20)23(26)4-3-13-28-21-12-9-19(15-24)14-22(21)27-2/h5-9,12,14,20H,3-4,10-11,13,16H2,1-2H3. The van der Waals surface area contributed by atoms with Crippen molar-refractivity contribution >= 4 is 5.91 Å². The number of amides is 1. The lowest BCUT2D eigenvalue weighted by Gasteiger charge is -2.23. The van der Waals surface area contributed by atoms with E-state index in [-0.39, 0.29) is 5.91 Å². The topological polar surface area (TPSA) is 62.6 Å². The van der Waals surface area contributed by atoms with E-state index in [2.05, 4.69) is 37.3 Å². The fourth-order valence-corrected chi connectivity index (χ4v) is 3.10. The van der Waals surface area contributed by atoms with E-state index in [1.165, 1.54) is 11.1 Å². The van der Waals surface area contributed by atoms with Gasteiger partial charge in [0.25, 0.3) is 0 Å². The molecule has 0 bridgehead atoms. The summed E-state index contributed by atoms with van der Waals surface area (Å²) in [5.41, 5.74) is 2.92. The lowest BCUT2D eigenvalue weighted by molar-refractivity contribution is -0.132. The lowest BCUT2D eigenvalue weighted by Crippen LogP contribution is -2.32. The number of hydrogen-bond donors (Lipinski definition) is 0. The third kappa shape index (κ3) is 5.26. The van der Waals surface area contributed by atoms with Gasteiger partial charge in [0, 0.05) is 25.1 Å². The molecule has 0 atom stereocenters. The first-order valence-corrected chi connectivity index (χ1v) is 9.66. The van der Waals surface area contributed by atoms with Crippen LogP contribution in [0.25, 0.3) is 0 Å². The molecule has 0 N–H and O–H groups in total. The highest BCUT2D eigenvalue weighted by Crippen LogP contribution is 2.30. The molecule has 0 heterocycles. The maximum absolute atomic E-state index is 12.7. The van der Waals surface area contributed by atoms with Crippen LogP contribution in [0.1, 0.15) is 42.4 Å². The van der Waals surface area contributed by atoms with Gasteiger partial charge in [-0.1, -0.05) is 29.8 Å². The summed E-state index contributed by atoms with van der Waals surface area (Å²) in [6, 6.07) is 15.9. The van der Waals surface area contributed by atoms with Gasteiger partial charge >= 0.3 is 0 Å². The molecule has 0 unspecified atom stereocenters. The Morgan fingerprint density at radius 2 is 1.93 bits per heavy atom. The van der Waals surface area contributed by atoms with Crippen LogP contribution in [0.15, 0.2) is 42.5 Å². The highest BCUT2D eigenvalue weighted by atomic mass is 16.5. The summed E-state index contributed by atoms with van der Waals surface area (Å²) < 4.78 is 11.0. The molecule has 0 saturated heterocycles. The van der Waals surface area contributed by atoms with Crippen LogP contribution in [0, 0.1) is 18.3 Å². The smallest absolute Gasteiger partial charge is 0.223 e. The van der Waals surface area contributed by atoms with E-state index < -0.39 is 0 Å². The van der Waals surface area contributed by atoms with Crippen molar-refractivity contribution in [3.63, 3.8) is 0 Å². The number of nitrogens with zero attached hydrogens (tertiary/aromatic N) is 2. The van der Waals surface area contributed by atoms with E-state index in [0.29, 0.717) is 49.1 Å². The van der Waals surface area contributed by atoms with Crippen molar-refractivity contribution in [2.75, 3.05) is 13.7 Å². The SMILES string of the molecule is COc1cc(C#N)ccc1OCCCC(=O)N(Cc1ccc(C)cc1)C1CC1. The first kappa shape index (κ1) is 19.8. The minimum atomic E-state index is 0.179. The zero-order valence-electron chi connectivity index (χ0n) is 16.5. The third-order valence-electron chi connectivity index (χ3n) is 4.87. The van der Waals surface area contributed by atoms with E-state index in [1.54, 1.807) is 25.3 Å². The number of carbonyl (C=O) groups excluding carboxylic acids is 1. The molecule has 146 valence electrons. The molecule has 1 fully saturated rings. The summed E-state index contributed by atoms with van der Waals surface area (Å²) in [5, 5.41) is 8.96. The minimum absolute atomic E-state index is 0.179. The summed E-state index contributed by atoms with van der Waals surface area (Å²) in [5.74, 6) is 1.30. The monoisotopic (exact) mass is 378 g/mol. The molecule has 0 radical (unpaired) electrons. The lowest BCUT2D eigenvalue weighted by atomic mass is 10.1. The van der Waals surface area contributed by atoms with Gasteiger partial charge in [0.05, 0.1) is 25.3 Å². The molecule has 5 nitrogen and oxygen atoms in total. The molecule has 0 spiro atoms. The number of hydrogen-bond acceptors (Lipinski definition) is 4. The normalized spacial score (nSPS) is 12.9. The van der Waals surface area contributed by atoms with Gasteiger partial charge in [-0.25, -0.2) is 0 Å². The molecule has 0 aliphatic heterocycles. The fraction of sp³-hybridized carbons (Fsp3) is 0.391. The molecule has 1 amide bonds. The largest absolute Gasteiger partial charge is 0.493 e. The molecule has 1 aliphatic carbocycles. The zero-order valence-corrected chi connectivity index (χ0v) is 16.5. The Balaban J connectivity index is 1.50. The average Bonchev–Trinajstić information content (AvgIpc) is 3.55. The minimum Gasteiger partial charge on any atom is -0.493 e. The summed E-state index contributed by atoms with van der Waals surface area (Å²) in [6.07, 6.45) is 3.28. The molecule has 1 aliphatic rings. The predicted molar refractivity (Wildman–Crippen MR) is 107 cm³/mol. The predicted octanol–water partition coefficient (Wildman–Crippen LogP) is 4.23. The van der Waals surface area contributed by atoms with Gasteiger partial charge in [-0.2, -0.15) is 5.26 Å². The Bertz CT molecular complexity index is 851. The fourth-order valence-electron chi connectivity index (χ4n) is 3.10. The van der Waals surface area contributed by atoms with Gasteiger partial charge in [0.15, 0.2) is 11.5 Å². The third-order valence-corrected chi connectivity index (χ3v) is 4.87. The molecular weight excluding hydrogens is 352 g/mol. The molecule has 1 saturated carbocycles. The van der Waals surface area contributed by atoms with Gasteiger partial charge in [0.1, 0.15) is 0 Å². The van der Waals surface area contributed by atoms with Crippen LogP contribution < -0.4 is 9.47 Å². The Hall–Kier alpha value is -3.00. The van der Waals surface area contributed by atoms with Crippen LogP contribution in [0.2, 0.25) is 0 Å². The maximum Gasteiger partial charge on any atom is 0.223 e. The summed E-state index contributed by atoms with van der Waals surface area (Å²) in [7, 11) is 1.55. The molecule has 5 heteroatoms. The molecule has 2 aromatic carbocycles. The number of rotatable bonds is 9. The summed E-state index contributed by atoms with van der Waals surface area (Å²) in [6.45, 7) is 3.17. The molecule has 2 aromatic rings. The second-order valence-electron chi connectivity index (χ2n) is 7.17. The number of carbonyl (C=O) groups is 1. The summed E-state index contributed by atoms with van der Waals surface area (Å²) in [4.78, 5) is 14.7. The van der Waals surface area contributed by atoms with Crippen LogP contribution >= 0.6 is 0 Å². The average molecular weight is 378 g/mol. The van der Waals surface area contributed by atoms with E-state index in [4.69, 9.17) is 14.7 Å². The number of nitriles is 1. The number of aryl methyl sites for hydroxylation is 1. The van der Waals surface area contributed by atoms with Crippen LogP contribution in [-0.2, 0) is 11.3 Å². The van der Waals surface area contributed by atoms with Crippen LogP contribution in [-0.4, -0.2) is 30.6 Å². The Morgan fingerprint density at radius 3 is 2.57 bits per heavy atom. The zero-order chi connectivity index (χ0) is 19.9. The second kappa shape index (κ2) is 9.27. The van der Waals surface area contributed by atoms with Gasteiger partial charge in [-0.15, -0.1) is 0 Å². The van der Waals surface area contributed by atoms with Crippen molar-refractivity contribution in [3.8, 4) is 17.6 Å². The first-order valence-electron chi connectivity index (χ1n) is 9.66. The quantitative estimate of drug-likeness (QED) is 0.613. The molecule has 0 aromatic heterocycles. The van der Waals surface area contributed by atoms with Crippen LogP contribution in [0.5, 0.6) is 11.5 Å². The van der Waals surface area contributed by atoms with Gasteiger partial charge in [0.2, 0.25) is 5.91 Å².